The minimum Gasteiger partial charge on any atom is -0.766 e. The molecule has 0 spiro atoms. The lowest BCUT2D eigenvalue weighted by Crippen LogP contribution is -2.46. The topological polar surface area (TPSA) is 307 Å². The SMILES string of the molecule is COC1C2COP(=O)([O-])OC3C(COP(=O)([O-])NC1C(n1cnc4c(=O)[nH]c(N)nc41)O2)OC(n1cnc2c(N)ncnc21)C3F. The van der Waals surface area contributed by atoms with Gasteiger partial charge in [-0.05, 0) is 0 Å². The third-order valence-corrected chi connectivity index (χ3v) is 9.70. The van der Waals surface area contributed by atoms with Crippen LogP contribution in [0, 0.1) is 0 Å². The highest BCUT2D eigenvalue weighted by atomic mass is 31.2. The summed E-state index contributed by atoms with van der Waals surface area (Å²) in [4.78, 5) is 60.9. The van der Waals surface area contributed by atoms with Gasteiger partial charge in [-0.25, -0.2) is 29.4 Å². The van der Waals surface area contributed by atoms with Gasteiger partial charge in [0.1, 0.15) is 36.3 Å². The van der Waals surface area contributed by atoms with E-state index in [-0.39, 0.29) is 34.1 Å². The van der Waals surface area contributed by atoms with E-state index in [0.29, 0.717) is 0 Å². The van der Waals surface area contributed by atoms with Crippen molar-refractivity contribution in [3.8, 4) is 0 Å². The van der Waals surface area contributed by atoms with Gasteiger partial charge in [-0.2, -0.15) is 4.98 Å². The van der Waals surface area contributed by atoms with Gasteiger partial charge in [0.2, 0.25) is 13.7 Å². The van der Waals surface area contributed by atoms with Crippen molar-refractivity contribution in [1.82, 2.24) is 44.1 Å². The van der Waals surface area contributed by atoms with Crippen LogP contribution in [0.1, 0.15) is 12.5 Å². The summed E-state index contributed by atoms with van der Waals surface area (Å²) in [6, 6.07) is -1.33. The Kier molecular flexibility index (Phi) is 7.68. The Labute approximate surface area is 255 Å². The van der Waals surface area contributed by atoms with Crippen molar-refractivity contribution in [3.63, 3.8) is 0 Å². The summed E-state index contributed by atoms with van der Waals surface area (Å²) in [6.45, 7) is -1.67. The number of methoxy groups -OCH3 is 1. The minimum absolute atomic E-state index is 0.00520. The van der Waals surface area contributed by atoms with E-state index in [1.54, 1.807) is 0 Å². The molecule has 7 heterocycles. The van der Waals surface area contributed by atoms with Crippen LogP contribution in [0.5, 0.6) is 0 Å². The molecule has 7 rings (SSSR count). The Balaban J connectivity index is 1.22. The first kappa shape index (κ1) is 31.1. The molecule has 4 aromatic heterocycles. The number of fused-ring (bicyclic) bond motifs is 5. The summed E-state index contributed by atoms with van der Waals surface area (Å²) >= 11 is 0. The average Bonchev–Trinajstić information content (AvgIpc) is 3.75. The second-order valence-corrected chi connectivity index (χ2v) is 13.3. The molecule has 22 nitrogen and oxygen atoms in total. The number of rotatable bonds is 3. The predicted octanol–water partition coefficient (Wildman–Crippen LogP) is -2.40. The first-order valence-electron chi connectivity index (χ1n) is 13.4. The number of alkyl halides is 1. The molecule has 4 aromatic rings. The summed E-state index contributed by atoms with van der Waals surface area (Å²) in [5.41, 5.74) is 10.8. The number of aromatic nitrogens is 8. The summed E-state index contributed by atoms with van der Waals surface area (Å²) in [6.07, 6.45) is -7.76. The Morgan fingerprint density at radius 2 is 1.70 bits per heavy atom. The monoisotopic (exact) mass is 687 g/mol. The zero-order valence-corrected chi connectivity index (χ0v) is 25.1. The molecule has 0 radical (unpaired) electrons. The maximum atomic E-state index is 15.9. The minimum atomic E-state index is -5.35. The molecule has 0 aromatic carbocycles. The van der Waals surface area contributed by atoms with Crippen molar-refractivity contribution < 1.29 is 51.1 Å². The van der Waals surface area contributed by atoms with Gasteiger partial charge >= 0.3 is 0 Å². The number of nitrogens with zero attached hydrogens (tertiary/aromatic N) is 7. The Morgan fingerprint density at radius 3 is 2.46 bits per heavy atom. The largest absolute Gasteiger partial charge is 0.766 e. The van der Waals surface area contributed by atoms with Crippen molar-refractivity contribution in [2.75, 3.05) is 31.8 Å². The number of phosphoric acid groups is 1. The number of H-pyrrole nitrogens is 1. The maximum Gasteiger partial charge on any atom is 0.280 e. The van der Waals surface area contributed by atoms with E-state index < -0.39 is 83.4 Å². The number of anilines is 2. The second-order valence-electron chi connectivity index (χ2n) is 10.4. The molecule has 0 amide bonds. The molecule has 3 aliphatic rings. The van der Waals surface area contributed by atoms with Gasteiger partial charge in [-0.15, -0.1) is 0 Å². The number of nitrogen functional groups attached to an aromatic ring is 2. The van der Waals surface area contributed by atoms with E-state index >= 15 is 4.39 Å². The van der Waals surface area contributed by atoms with E-state index in [1.165, 1.54) is 11.7 Å². The molecule has 3 saturated heterocycles. The highest BCUT2D eigenvalue weighted by Gasteiger charge is 2.52. The second kappa shape index (κ2) is 11.3. The highest BCUT2D eigenvalue weighted by Crippen LogP contribution is 2.49. The van der Waals surface area contributed by atoms with E-state index in [2.05, 4.69) is 35.0 Å². The number of nitrogens with one attached hydrogen (secondary N) is 2. The fourth-order valence-electron chi connectivity index (χ4n) is 5.64. The van der Waals surface area contributed by atoms with E-state index in [1.807, 2.05) is 0 Å². The van der Waals surface area contributed by atoms with Crippen molar-refractivity contribution >= 4 is 49.7 Å². The van der Waals surface area contributed by atoms with Crippen molar-refractivity contribution in [2.24, 2.45) is 0 Å². The maximum absolute atomic E-state index is 15.9. The molecular weight excluding hydrogens is 663 g/mol. The molecule has 3 fully saturated rings. The fourth-order valence-corrected chi connectivity index (χ4v) is 7.64. The summed E-state index contributed by atoms with van der Waals surface area (Å²) in [7, 11) is -9.23. The molecule has 3 aliphatic heterocycles. The first-order chi connectivity index (χ1) is 21.9. The zero-order chi connectivity index (χ0) is 32.5. The third kappa shape index (κ3) is 5.38. The lowest BCUT2D eigenvalue weighted by Gasteiger charge is -2.33. The molecule has 0 aliphatic carbocycles. The summed E-state index contributed by atoms with van der Waals surface area (Å²) < 4.78 is 77.1. The summed E-state index contributed by atoms with van der Waals surface area (Å²) in [5.74, 6) is -0.265. The van der Waals surface area contributed by atoms with Crippen LogP contribution in [-0.4, -0.2) is 96.0 Å². The summed E-state index contributed by atoms with van der Waals surface area (Å²) in [5, 5.41) is 2.33. The van der Waals surface area contributed by atoms with Gasteiger partial charge in [-0.3, -0.25) is 28.0 Å². The van der Waals surface area contributed by atoms with Crippen LogP contribution in [-0.2, 0) is 36.9 Å². The predicted molar refractivity (Wildman–Crippen MR) is 145 cm³/mol. The average molecular weight is 687 g/mol. The fraction of sp³-hybridized carbons (Fsp3) is 0.524. The quantitative estimate of drug-likeness (QED) is 0.163. The molecule has 6 N–H and O–H groups in total. The van der Waals surface area contributed by atoms with Gasteiger partial charge in [-0.1, -0.05) is 0 Å². The molecule has 248 valence electrons. The molecule has 46 heavy (non-hydrogen) atoms. The lowest BCUT2D eigenvalue weighted by atomic mass is 10.1. The molecule has 10 unspecified atom stereocenters. The van der Waals surface area contributed by atoms with Gasteiger partial charge < -0.3 is 49.0 Å². The van der Waals surface area contributed by atoms with Crippen molar-refractivity contribution in [1.29, 1.82) is 0 Å². The Morgan fingerprint density at radius 1 is 1.00 bits per heavy atom. The standard InChI is InChI=1S/C21H26FN11O11P2/c1-39-14-8-3-41-46(37,38)44-13-7(42-19(9(13)22)32-5-27-11-15(23)25-4-26-16(11)32)2-40-45(35,36)31-10(14)20(43-8)33-6-28-12-17(33)29-21(24)30-18(12)34/h4-10,13-14,19-20H,2-3H2,1H3,(H,37,38)(H2,23,25,26)(H2,31,35,36)(H3,24,29,30,34)/p-2. The molecule has 2 bridgehead atoms. The number of phosphoric ester groups is 1. The van der Waals surface area contributed by atoms with E-state index in [4.69, 9.17) is 39.2 Å². The van der Waals surface area contributed by atoms with Gasteiger partial charge in [0.15, 0.2) is 41.3 Å². The normalized spacial score (nSPS) is 37.1. The molecule has 10 atom stereocenters. The van der Waals surface area contributed by atoms with Crippen LogP contribution in [0.2, 0.25) is 0 Å². The Bertz CT molecular complexity index is 1960. The number of ether oxygens (including phenoxy) is 3. The third-order valence-electron chi connectivity index (χ3n) is 7.63. The lowest BCUT2D eigenvalue weighted by molar-refractivity contribution is -0.236. The number of aromatic amines is 1. The van der Waals surface area contributed by atoms with Crippen LogP contribution in [0.3, 0.4) is 0 Å². The number of hydrogen-bond donors (Lipinski definition) is 4. The number of nitrogens with two attached hydrogens (primary N) is 2. The number of hydrogen-bond acceptors (Lipinski definition) is 18. The van der Waals surface area contributed by atoms with Crippen LogP contribution < -0.4 is 31.9 Å². The van der Waals surface area contributed by atoms with Crippen molar-refractivity contribution in [2.45, 2.75) is 49.1 Å². The van der Waals surface area contributed by atoms with Crippen LogP contribution >= 0.6 is 15.6 Å². The van der Waals surface area contributed by atoms with Crippen LogP contribution in [0.15, 0.2) is 23.8 Å². The highest BCUT2D eigenvalue weighted by molar-refractivity contribution is 7.49. The zero-order valence-electron chi connectivity index (χ0n) is 23.3. The van der Waals surface area contributed by atoms with Gasteiger partial charge in [0.25, 0.3) is 13.4 Å². The number of halogens is 1. The Hall–Kier alpha value is -3.47. The smallest absolute Gasteiger partial charge is 0.280 e. The van der Waals surface area contributed by atoms with E-state index in [9.17, 15) is 23.7 Å². The van der Waals surface area contributed by atoms with Gasteiger partial charge in [0, 0.05) is 7.11 Å². The number of imidazole rings is 2. The van der Waals surface area contributed by atoms with Gasteiger partial charge in [0.05, 0.1) is 31.9 Å². The van der Waals surface area contributed by atoms with Crippen LogP contribution in [0.4, 0.5) is 16.2 Å². The molecule has 0 saturated carbocycles. The molecule has 25 heteroatoms. The van der Waals surface area contributed by atoms with Crippen LogP contribution in [0.25, 0.3) is 22.3 Å². The first-order valence-corrected chi connectivity index (χ1v) is 16.4. The molecular formula is C21H24FN11O11P2-2. The van der Waals surface area contributed by atoms with Crippen molar-refractivity contribution in [3.05, 3.63) is 29.3 Å². The van der Waals surface area contributed by atoms with E-state index in [0.717, 1.165) is 23.5 Å².